The van der Waals surface area contributed by atoms with E-state index in [1.165, 1.54) is 5.56 Å². The van der Waals surface area contributed by atoms with Gasteiger partial charge in [0.05, 0.1) is 5.45 Å². The second kappa shape index (κ2) is 4.46. The second-order valence-electron chi connectivity index (χ2n) is 2.49. The Hall–Kier alpha value is -0.410. The fourth-order valence-electron chi connectivity index (χ4n) is 0.846. The number of nitrogens with zero attached hydrogens (tertiary/aromatic N) is 2. The Morgan fingerprint density at radius 1 is 1.64 bits per heavy atom. The van der Waals surface area contributed by atoms with Gasteiger partial charge in [0.1, 0.15) is 0 Å². The number of halogens is 1. The van der Waals surface area contributed by atoms with Gasteiger partial charge in [-0.1, -0.05) is 22.0 Å². The Morgan fingerprint density at radius 2 is 2.45 bits per heavy atom. The van der Waals surface area contributed by atoms with Crippen molar-refractivity contribution in [3.8, 4) is 0 Å². The first-order valence-corrected chi connectivity index (χ1v) is 4.58. The maximum Gasteiger partial charge on any atom is 0.0542 e. The summed E-state index contributed by atoms with van der Waals surface area (Å²) in [4.78, 5) is 6.19. The van der Waals surface area contributed by atoms with Gasteiger partial charge in [0, 0.05) is 18.9 Å². The molecule has 0 aromatic carbocycles. The summed E-state index contributed by atoms with van der Waals surface area (Å²) in [5.41, 5.74) is 2.14. The van der Waals surface area contributed by atoms with Crippen molar-refractivity contribution >= 4 is 15.9 Å². The minimum atomic E-state index is 0.891. The molecule has 1 aromatic rings. The summed E-state index contributed by atoms with van der Waals surface area (Å²) in [5, 5.41) is 0. The van der Waals surface area contributed by atoms with Crippen molar-refractivity contribution in [3.63, 3.8) is 0 Å². The molecule has 1 aromatic heterocycles. The van der Waals surface area contributed by atoms with Crippen LogP contribution in [0.4, 0.5) is 0 Å². The number of hydrogen-bond acceptors (Lipinski definition) is 2. The highest BCUT2D eigenvalue weighted by Gasteiger charge is 1.95. The molecular weight excluding hydrogens is 204 g/mol. The molecule has 3 heteroatoms. The zero-order chi connectivity index (χ0) is 8.10. The number of alkyl halides is 1. The van der Waals surface area contributed by atoms with Crippen LogP contribution < -0.4 is 0 Å². The van der Waals surface area contributed by atoms with E-state index in [2.05, 4.69) is 38.9 Å². The molecule has 60 valence electrons. The Morgan fingerprint density at radius 3 is 3.00 bits per heavy atom. The van der Waals surface area contributed by atoms with Gasteiger partial charge in [0.15, 0.2) is 0 Å². The van der Waals surface area contributed by atoms with Crippen molar-refractivity contribution in [1.82, 2.24) is 9.88 Å². The van der Waals surface area contributed by atoms with Gasteiger partial charge < -0.3 is 0 Å². The molecule has 0 saturated carbocycles. The van der Waals surface area contributed by atoms with E-state index in [1.54, 1.807) is 6.20 Å². The van der Waals surface area contributed by atoms with E-state index in [1.807, 2.05) is 12.3 Å². The third kappa shape index (κ3) is 2.99. The van der Waals surface area contributed by atoms with Gasteiger partial charge in [-0.2, -0.15) is 0 Å². The minimum absolute atomic E-state index is 0.891. The number of hydrogen-bond donors (Lipinski definition) is 0. The molecule has 0 aliphatic rings. The highest BCUT2D eigenvalue weighted by Crippen LogP contribution is 2.01. The SMILES string of the molecule is CN(CBr)Cc1cccnc1. The molecule has 0 aliphatic carbocycles. The van der Waals surface area contributed by atoms with Crippen molar-refractivity contribution in [1.29, 1.82) is 0 Å². The van der Waals surface area contributed by atoms with E-state index in [-0.39, 0.29) is 0 Å². The zero-order valence-corrected chi connectivity index (χ0v) is 8.08. The fraction of sp³-hybridized carbons (Fsp3) is 0.375. The Balaban J connectivity index is 2.51. The maximum atomic E-state index is 4.03. The smallest absolute Gasteiger partial charge is 0.0542 e. The van der Waals surface area contributed by atoms with Gasteiger partial charge in [-0.15, -0.1) is 0 Å². The van der Waals surface area contributed by atoms with Crippen molar-refractivity contribution in [2.75, 3.05) is 12.5 Å². The molecule has 0 unspecified atom stereocenters. The molecule has 0 fully saturated rings. The molecule has 11 heavy (non-hydrogen) atoms. The van der Waals surface area contributed by atoms with Crippen molar-refractivity contribution in [2.45, 2.75) is 6.54 Å². The lowest BCUT2D eigenvalue weighted by Gasteiger charge is -2.11. The van der Waals surface area contributed by atoms with Gasteiger partial charge in [-0.25, -0.2) is 0 Å². The van der Waals surface area contributed by atoms with Gasteiger partial charge >= 0.3 is 0 Å². The van der Waals surface area contributed by atoms with Crippen LogP contribution in [0.5, 0.6) is 0 Å². The standard InChI is InChI=1S/C8H11BrN2/c1-11(7-9)6-8-3-2-4-10-5-8/h2-5H,6-7H2,1H3. The molecule has 0 N–H and O–H groups in total. The Kier molecular flexibility index (Phi) is 3.52. The summed E-state index contributed by atoms with van der Waals surface area (Å²) in [5.74, 6) is 0. The van der Waals surface area contributed by atoms with E-state index in [0.717, 1.165) is 12.0 Å². The van der Waals surface area contributed by atoms with Crippen LogP contribution in [-0.4, -0.2) is 22.4 Å². The van der Waals surface area contributed by atoms with Crippen LogP contribution >= 0.6 is 15.9 Å². The first kappa shape index (κ1) is 8.68. The molecule has 0 atom stereocenters. The van der Waals surface area contributed by atoms with E-state index in [4.69, 9.17) is 0 Å². The third-order valence-corrected chi connectivity index (χ3v) is 2.24. The molecular formula is C8H11BrN2. The van der Waals surface area contributed by atoms with E-state index in [0.29, 0.717) is 0 Å². The molecule has 0 aliphatic heterocycles. The first-order valence-electron chi connectivity index (χ1n) is 3.46. The van der Waals surface area contributed by atoms with Crippen LogP contribution in [0.25, 0.3) is 0 Å². The van der Waals surface area contributed by atoms with Crippen LogP contribution in [-0.2, 0) is 6.54 Å². The average molecular weight is 215 g/mol. The predicted molar refractivity (Wildman–Crippen MR) is 49.5 cm³/mol. The first-order chi connectivity index (χ1) is 5.33. The quantitative estimate of drug-likeness (QED) is 0.565. The van der Waals surface area contributed by atoms with E-state index in [9.17, 15) is 0 Å². The second-order valence-corrected chi connectivity index (χ2v) is 3.00. The average Bonchev–Trinajstić information content (AvgIpc) is 2.06. The van der Waals surface area contributed by atoms with Crippen LogP contribution in [0, 0.1) is 0 Å². The minimum Gasteiger partial charge on any atom is -0.292 e. The van der Waals surface area contributed by atoms with Crippen molar-refractivity contribution in [3.05, 3.63) is 30.1 Å². The summed E-state index contributed by atoms with van der Waals surface area (Å²) >= 11 is 3.38. The molecule has 0 spiro atoms. The monoisotopic (exact) mass is 214 g/mol. The van der Waals surface area contributed by atoms with Crippen molar-refractivity contribution in [2.24, 2.45) is 0 Å². The summed E-state index contributed by atoms with van der Waals surface area (Å²) in [6.45, 7) is 0.944. The highest BCUT2D eigenvalue weighted by atomic mass is 79.9. The van der Waals surface area contributed by atoms with Crippen LogP contribution in [0.3, 0.4) is 0 Å². The number of pyridine rings is 1. The summed E-state index contributed by atoms with van der Waals surface area (Å²) in [6, 6.07) is 4.03. The van der Waals surface area contributed by atoms with Gasteiger partial charge in [-0.3, -0.25) is 9.88 Å². The van der Waals surface area contributed by atoms with E-state index >= 15 is 0 Å². The number of rotatable bonds is 3. The highest BCUT2D eigenvalue weighted by molar-refractivity contribution is 9.09. The zero-order valence-electron chi connectivity index (χ0n) is 6.50. The van der Waals surface area contributed by atoms with Crippen LogP contribution in [0.15, 0.2) is 24.5 Å². The molecule has 0 saturated heterocycles. The molecule has 2 nitrogen and oxygen atoms in total. The molecule has 1 heterocycles. The van der Waals surface area contributed by atoms with Gasteiger partial charge in [0.25, 0.3) is 0 Å². The van der Waals surface area contributed by atoms with Gasteiger partial charge in [0.2, 0.25) is 0 Å². The Labute approximate surface area is 75.4 Å². The van der Waals surface area contributed by atoms with E-state index < -0.39 is 0 Å². The fourth-order valence-corrected chi connectivity index (χ4v) is 1.02. The lowest BCUT2D eigenvalue weighted by atomic mass is 10.3. The van der Waals surface area contributed by atoms with Crippen LogP contribution in [0.2, 0.25) is 0 Å². The molecule has 1 rings (SSSR count). The Bertz CT molecular complexity index is 201. The molecule has 0 bridgehead atoms. The maximum absolute atomic E-state index is 4.03. The van der Waals surface area contributed by atoms with Gasteiger partial charge in [-0.05, 0) is 18.7 Å². The largest absolute Gasteiger partial charge is 0.292 e. The van der Waals surface area contributed by atoms with Crippen LogP contribution in [0.1, 0.15) is 5.56 Å². The third-order valence-electron chi connectivity index (χ3n) is 1.38. The molecule has 0 radical (unpaired) electrons. The lowest BCUT2D eigenvalue weighted by molar-refractivity contribution is 0.389. The normalized spacial score (nSPS) is 10.5. The van der Waals surface area contributed by atoms with Crippen molar-refractivity contribution < 1.29 is 0 Å². The topological polar surface area (TPSA) is 16.1 Å². The summed E-state index contributed by atoms with van der Waals surface area (Å²) in [6.07, 6.45) is 3.68. The molecule has 0 amide bonds. The summed E-state index contributed by atoms with van der Waals surface area (Å²) in [7, 11) is 2.06. The number of aromatic nitrogens is 1. The lowest BCUT2D eigenvalue weighted by Crippen LogP contribution is -2.14. The predicted octanol–water partition coefficient (Wildman–Crippen LogP) is 1.87. The summed E-state index contributed by atoms with van der Waals surface area (Å²) < 4.78 is 0.